The maximum absolute atomic E-state index is 14.1. The fourth-order valence-electron chi connectivity index (χ4n) is 2.58. The summed E-state index contributed by atoms with van der Waals surface area (Å²) < 4.78 is 55.6. The Bertz CT molecular complexity index is 1010. The molecule has 0 saturated heterocycles. The van der Waals surface area contributed by atoms with Gasteiger partial charge in [0.25, 0.3) is 5.56 Å². The van der Waals surface area contributed by atoms with E-state index in [9.17, 15) is 22.4 Å². The van der Waals surface area contributed by atoms with E-state index >= 15 is 0 Å². The zero-order valence-corrected chi connectivity index (χ0v) is 13.1. The summed E-state index contributed by atoms with van der Waals surface area (Å²) >= 11 is 0. The Kier molecular flexibility index (Phi) is 4.30. The van der Waals surface area contributed by atoms with Gasteiger partial charge in [0.05, 0.1) is 17.2 Å². The molecule has 1 atom stereocenters. The predicted octanol–water partition coefficient (Wildman–Crippen LogP) is 3.35. The number of nitrogens with zero attached hydrogens (tertiary/aromatic N) is 2. The van der Waals surface area contributed by atoms with Crippen LogP contribution in [-0.4, -0.2) is 9.55 Å². The van der Waals surface area contributed by atoms with Crippen LogP contribution in [0.2, 0.25) is 0 Å². The highest BCUT2D eigenvalue weighted by molar-refractivity contribution is 5.79. The first-order chi connectivity index (χ1) is 11.8. The molecule has 3 aromatic rings. The molecule has 4 nitrogen and oxygen atoms in total. The van der Waals surface area contributed by atoms with Gasteiger partial charge in [-0.1, -0.05) is 6.92 Å². The third-order valence-electron chi connectivity index (χ3n) is 3.83. The average Bonchev–Trinajstić information content (AvgIpc) is 2.56. The van der Waals surface area contributed by atoms with Crippen LogP contribution in [0.3, 0.4) is 0 Å². The lowest BCUT2D eigenvalue weighted by Gasteiger charge is -2.18. The zero-order valence-electron chi connectivity index (χ0n) is 13.1. The summed E-state index contributed by atoms with van der Waals surface area (Å²) in [5.41, 5.74) is 4.67. The van der Waals surface area contributed by atoms with Crippen molar-refractivity contribution in [2.24, 2.45) is 5.73 Å². The molecule has 0 saturated carbocycles. The van der Waals surface area contributed by atoms with Gasteiger partial charge in [-0.2, -0.15) is 0 Å². The van der Waals surface area contributed by atoms with Gasteiger partial charge in [0, 0.05) is 6.07 Å². The van der Waals surface area contributed by atoms with Crippen LogP contribution in [0.15, 0.2) is 35.1 Å². The van der Waals surface area contributed by atoms with Crippen LogP contribution >= 0.6 is 0 Å². The van der Waals surface area contributed by atoms with Crippen LogP contribution in [0.1, 0.15) is 25.2 Å². The number of fused-ring (bicyclic) bond motifs is 1. The molecule has 25 heavy (non-hydrogen) atoms. The molecule has 1 aromatic heterocycles. The van der Waals surface area contributed by atoms with Gasteiger partial charge in [-0.25, -0.2) is 22.5 Å². The molecule has 0 aliphatic rings. The Morgan fingerprint density at radius 1 is 1.12 bits per heavy atom. The van der Waals surface area contributed by atoms with E-state index in [1.165, 1.54) is 0 Å². The maximum atomic E-state index is 14.1. The molecular weight excluding hydrogens is 338 g/mol. The summed E-state index contributed by atoms with van der Waals surface area (Å²) in [4.78, 5) is 16.9. The first-order valence-electron chi connectivity index (χ1n) is 7.46. The van der Waals surface area contributed by atoms with E-state index in [1.54, 1.807) is 6.92 Å². The van der Waals surface area contributed by atoms with Crippen molar-refractivity contribution in [1.29, 1.82) is 0 Å². The molecule has 0 radical (unpaired) electrons. The fraction of sp³-hybridized carbons (Fsp3) is 0.176. The highest BCUT2D eigenvalue weighted by Gasteiger charge is 2.21. The summed E-state index contributed by atoms with van der Waals surface area (Å²) in [7, 11) is 0. The number of hydrogen-bond donors (Lipinski definition) is 1. The predicted molar refractivity (Wildman–Crippen MR) is 84.4 cm³/mol. The monoisotopic (exact) mass is 351 g/mol. The van der Waals surface area contributed by atoms with Gasteiger partial charge in [-0.3, -0.25) is 9.36 Å². The van der Waals surface area contributed by atoms with Crippen LogP contribution in [0.25, 0.3) is 16.6 Å². The molecule has 2 N–H and O–H groups in total. The molecule has 0 aliphatic heterocycles. The van der Waals surface area contributed by atoms with E-state index in [2.05, 4.69) is 4.98 Å². The minimum Gasteiger partial charge on any atom is -0.321 e. The largest absolute Gasteiger partial charge is 0.321 e. The molecule has 8 heteroatoms. The number of benzene rings is 2. The summed E-state index contributed by atoms with van der Waals surface area (Å²) in [6, 6.07) is 3.65. The molecule has 0 aliphatic carbocycles. The first-order valence-corrected chi connectivity index (χ1v) is 7.46. The minimum atomic E-state index is -1.38. The van der Waals surface area contributed by atoms with Gasteiger partial charge in [-0.15, -0.1) is 0 Å². The summed E-state index contributed by atoms with van der Waals surface area (Å²) in [5.74, 6) is -4.47. The Balaban J connectivity index is 2.48. The standard InChI is InChI=1S/C17H13F4N3O/c1-2-12(22)16-23-13-4-3-11(20)15(21)14(13)17(25)24(16)10-6-8(18)5-9(19)7-10/h3-7,12H,2,22H2,1H3. The van der Waals surface area contributed by atoms with Crippen LogP contribution in [0.5, 0.6) is 0 Å². The van der Waals surface area contributed by atoms with Gasteiger partial charge in [-0.05, 0) is 30.7 Å². The molecular formula is C17H13F4N3O. The minimum absolute atomic E-state index is 0.00370. The number of hydrogen-bond acceptors (Lipinski definition) is 3. The van der Waals surface area contributed by atoms with Gasteiger partial charge < -0.3 is 5.73 Å². The third kappa shape index (κ3) is 2.89. The second-order valence-corrected chi connectivity index (χ2v) is 5.51. The fourth-order valence-corrected chi connectivity index (χ4v) is 2.58. The normalized spacial score (nSPS) is 12.6. The van der Waals surface area contributed by atoms with Crippen LogP contribution in [0, 0.1) is 23.3 Å². The van der Waals surface area contributed by atoms with Crippen molar-refractivity contribution in [1.82, 2.24) is 9.55 Å². The Hall–Kier alpha value is -2.74. The molecule has 3 rings (SSSR count). The van der Waals surface area contributed by atoms with Crippen molar-refractivity contribution in [2.45, 2.75) is 19.4 Å². The second-order valence-electron chi connectivity index (χ2n) is 5.51. The Morgan fingerprint density at radius 2 is 1.76 bits per heavy atom. The van der Waals surface area contributed by atoms with Gasteiger partial charge in [0.1, 0.15) is 22.8 Å². The van der Waals surface area contributed by atoms with Crippen LogP contribution in [0.4, 0.5) is 17.6 Å². The number of halogens is 4. The molecule has 0 spiro atoms. The first kappa shape index (κ1) is 17.1. The van der Waals surface area contributed by atoms with Crippen LogP contribution < -0.4 is 11.3 Å². The van der Waals surface area contributed by atoms with Gasteiger partial charge >= 0.3 is 0 Å². The summed E-state index contributed by atoms with van der Waals surface area (Å²) in [5, 5.41) is -0.614. The Morgan fingerprint density at radius 3 is 2.36 bits per heavy atom. The van der Waals surface area contributed by atoms with Crippen molar-refractivity contribution in [3.05, 3.63) is 69.8 Å². The van der Waals surface area contributed by atoms with E-state index in [0.29, 0.717) is 12.5 Å². The molecule has 0 amide bonds. The maximum Gasteiger partial charge on any atom is 0.269 e. The molecule has 1 unspecified atom stereocenters. The quantitative estimate of drug-likeness (QED) is 0.736. The highest BCUT2D eigenvalue weighted by atomic mass is 19.2. The number of rotatable bonds is 3. The topological polar surface area (TPSA) is 60.9 Å². The number of nitrogens with two attached hydrogens (primary N) is 1. The second kappa shape index (κ2) is 6.29. The smallest absolute Gasteiger partial charge is 0.269 e. The van der Waals surface area contributed by atoms with Gasteiger partial charge in [0.2, 0.25) is 0 Å². The zero-order chi connectivity index (χ0) is 18.3. The van der Waals surface area contributed by atoms with E-state index in [4.69, 9.17) is 5.73 Å². The summed E-state index contributed by atoms with van der Waals surface area (Å²) in [6.07, 6.45) is 0.361. The van der Waals surface area contributed by atoms with Crippen molar-refractivity contribution in [2.75, 3.05) is 0 Å². The lowest BCUT2D eigenvalue weighted by Crippen LogP contribution is -2.29. The van der Waals surface area contributed by atoms with E-state index in [-0.39, 0.29) is 17.0 Å². The molecule has 130 valence electrons. The molecule has 0 bridgehead atoms. The molecule has 0 fully saturated rings. The third-order valence-corrected chi connectivity index (χ3v) is 3.83. The van der Waals surface area contributed by atoms with Crippen LogP contribution in [-0.2, 0) is 0 Å². The number of aromatic nitrogens is 2. The van der Waals surface area contributed by atoms with E-state index in [0.717, 1.165) is 28.8 Å². The highest BCUT2D eigenvalue weighted by Crippen LogP contribution is 2.22. The van der Waals surface area contributed by atoms with Crippen molar-refractivity contribution in [3.63, 3.8) is 0 Å². The Labute approximate surface area is 139 Å². The van der Waals surface area contributed by atoms with Crippen molar-refractivity contribution >= 4 is 10.9 Å². The van der Waals surface area contributed by atoms with E-state index in [1.807, 2.05) is 0 Å². The average molecular weight is 351 g/mol. The van der Waals surface area contributed by atoms with Gasteiger partial charge in [0.15, 0.2) is 11.6 Å². The SMILES string of the molecule is CCC(N)c1nc2ccc(F)c(F)c2c(=O)n1-c1cc(F)cc(F)c1. The molecule has 1 heterocycles. The summed E-state index contributed by atoms with van der Waals surface area (Å²) in [6.45, 7) is 1.72. The molecule has 2 aromatic carbocycles. The van der Waals surface area contributed by atoms with E-state index < -0.39 is 40.3 Å². The lowest BCUT2D eigenvalue weighted by molar-refractivity contribution is 0.515. The lowest BCUT2D eigenvalue weighted by atomic mass is 10.1. The van der Waals surface area contributed by atoms with Crippen molar-refractivity contribution < 1.29 is 17.6 Å². The van der Waals surface area contributed by atoms with Crippen molar-refractivity contribution in [3.8, 4) is 5.69 Å².